The molecule has 0 fully saturated rings. The molecular weight excluding hydrogens is 594 g/mol. The number of rotatable bonds is 40. The Bertz CT molecular complexity index is 630. The molecule has 0 rings (SSSR count). The number of amides is 1. The molecule has 0 saturated heterocycles. The van der Waals surface area contributed by atoms with Gasteiger partial charge in [-0.05, 0) is 12.8 Å². The van der Waals surface area contributed by atoms with E-state index < -0.39 is 18.2 Å². The molecule has 0 aliphatic rings. The van der Waals surface area contributed by atoms with Gasteiger partial charge in [0.1, 0.15) is 0 Å². The Balaban J connectivity index is 3.56. The van der Waals surface area contributed by atoms with Crippen molar-refractivity contribution in [2.45, 2.75) is 263 Å². The molecule has 0 spiro atoms. The molecule has 0 aromatic heterocycles. The zero-order valence-electron chi connectivity index (χ0n) is 32.6. The maximum Gasteiger partial charge on any atom is 0.222 e. The molecule has 5 heteroatoms. The predicted octanol–water partition coefficient (Wildman–Crippen LogP) is 12.3. The highest BCUT2D eigenvalue weighted by molar-refractivity contribution is 5.76. The van der Waals surface area contributed by atoms with Gasteiger partial charge in [0.15, 0.2) is 0 Å². The highest BCUT2D eigenvalue weighted by atomic mass is 16.3. The van der Waals surface area contributed by atoms with Crippen LogP contribution in [0.25, 0.3) is 0 Å². The van der Waals surface area contributed by atoms with E-state index in [-0.39, 0.29) is 18.9 Å². The third-order valence-electron chi connectivity index (χ3n) is 10.4. The fourth-order valence-corrected chi connectivity index (χ4v) is 7.05. The molecule has 0 aromatic carbocycles. The SMILES string of the molecule is CCCCCCCCCCCCCCCCCCCCCCC(O)CC(=O)NC(CO)C(O)CCCCCCCCCCCCCCC. The summed E-state index contributed by atoms with van der Waals surface area (Å²) >= 11 is 0. The van der Waals surface area contributed by atoms with Gasteiger partial charge in [-0.25, -0.2) is 0 Å². The smallest absolute Gasteiger partial charge is 0.222 e. The van der Waals surface area contributed by atoms with Gasteiger partial charge >= 0.3 is 0 Å². The molecule has 0 aromatic rings. The summed E-state index contributed by atoms with van der Waals surface area (Å²) in [7, 11) is 0. The van der Waals surface area contributed by atoms with Crippen molar-refractivity contribution in [1.82, 2.24) is 5.32 Å². The Morgan fingerprint density at radius 2 is 0.708 bits per heavy atom. The Kier molecular flexibility index (Phi) is 38.6. The van der Waals surface area contributed by atoms with Crippen molar-refractivity contribution in [1.29, 1.82) is 0 Å². The lowest BCUT2D eigenvalue weighted by atomic mass is 10.0. The fraction of sp³-hybridized carbons (Fsp3) is 0.977. The minimum absolute atomic E-state index is 0.0427. The first-order valence-electron chi connectivity index (χ1n) is 21.8. The molecule has 0 saturated carbocycles. The first-order valence-corrected chi connectivity index (χ1v) is 21.8. The van der Waals surface area contributed by atoms with Gasteiger partial charge in [-0.15, -0.1) is 0 Å². The second-order valence-electron chi connectivity index (χ2n) is 15.3. The van der Waals surface area contributed by atoms with E-state index in [9.17, 15) is 20.1 Å². The number of carbonyl (C=O) groups is 1. The second-order valence-corrected chi connectivity index (χ2v) is 15.3. The summed E-state index contributed by atoms with van der Waals surface area (Å²) in [6, 6.07) is -0.651. The van der Waals surface area contributed by atoms with Crippen molar-refractivity contribution in [3.05, 3.63) is 0 Å². The van der Waals surface area contributed by atoms with Crippen LogP contribution in [0.3, 0.4) is 0 Å². The number of hydrogen-bond acceptors (Lipinski definition) is 4. The molecule has 3 atom stereocenters. The molecule has 1 amide bonds. The molecule has 0 aliphatic carbocycles. The van der Waals surface area contributed by atoms with Crippen molar-refractivity contribution < 1.29 is 20.1 Å². The second kappa shape index (κ2) is 39.1. The van der Waals surface area contributed by atoms with Crippen LogP contribution < -0.4 is 5.32 Å². The molecule has 0 bridgehead atoms. The van der Waals surface area contributed by atoms with Crippen LogP contribution in [0.4, 0.5) is 0 Å². The van der Waals surface area contributed by atoms with Gasteiger partial charge in [-0.3, -0.25) is 4.79 Å². The minimum atomic E-state index is -0.742. The monoisotopic (exact) mass is 682 g/mol. The summed E-state index contributed by atoms with van der Waals surface area (Å²) in [5.41, 5.74) is 0. The molecule has 5 nitrogen and oxygen atoms in total. The topological polar surface area (TPSA) is 89.8 Å². The maximum atomic E-state index is 12.4. The lowest BCUT2D eigenvalue weighted by molar-refractivity contribution is -0.125. The lowest BCUT2D eigenvalue weighted by Crippen LogP contribution is -2.46. The third-order valence-corrected chi connectivity index (χ3v) is 10.4. The summed E-state index contributed by atoms with van der Waals surface area (Å²) in [5.74, 6) is -0.279. The Labute approximate surface area is 300 Å². The molecule has 4 N–H and O–H groups in total. The summed E-state index contributed by atoms with van der Waals surface area (Å²) in [6.45, 7) is 4.27. The van der Waals surface area contributed by atoms with Crippen LogP contribution in [0.1, 0.15) is 245 Å². The number of hydrogen-bond donors (Lipinski definition) is 4. The Morgan fingerprint density at radius 3 is 1.00 bits per heavy atom. The highest BCUT2D eigenvalue weighted by Gasteiger charge is 2.21. The minimum Gasteiger partial charge on any atom is -0.394 e. The quantitative estimate of drug-likeness (QED) is 0.0485. The van der Waals surface area contributed by atoms with Crippen LogP contribution >= 0.6 is 0 Å². The molecular formula is C43H87NO4. The van der Waals surface area contributed by atoms with Gasteiger partial charge in [0.05, 0.1) is 31.3 Å². The van der Waals surface area contributed by atoms with Crippen LogP contribution in [0, 0.1) is 0 Å². The summed E-state index contributed by atoms with van der Waals surface area (Å²) in [5, 5.41) is 33.3. The van der Waals surface area contributed by atoms with Gasteiger partial charge in [0, 0.05) is 0 Å². The van der Waals surface area contributed by atoms with Crippen LogP contribution in [0.2, 0.25) is 0 Å². The van der Waals surface area contributed by atoms with Crippen LogP contribution in [-0.4, -0.2) is 46.1 Å². The largest absolute Gasteiger partial charge is 0.394 e. The summed E-state index contributed by atoms with van der Waals surface area (Å²) in [4.78, 5) is 12.4. The van der Waals surface area contributed by atoms with E-state index in [0.29, 0.717) is 12.8 Å². The normalized spacial score (nSPS) is 13.5. The number of aliphatic hydroxyl groups is 3. The zero-order valence-corrected chi connectivity index (χ0v) is 32.6. The number of aliphatic hydroxyl groups excluding tert-OH is 3. The Hall–Kier alpha value is -0.650. The number of nitrogens with one attached hydrogen (secondary N) is 1. The highest BCUT2D eigenvalue weighted by Crippen LogP contribution is 2.17. The van der Waals surface area contributed by atoms with E-state index in [1.165, 1.54) is 186 Å². The van der Waals surface area contributed by atoms with Gasteiger partial charge < -0.3 is 20.6 Å². The van der Waals surface area contributed by atoms with E-state index in [1.807, 2.05) is 0 Å². The average Bonchev–Trinajstić information content (AvgIpc) is 3.08. The van der Waals surface area contributed by atoms with E-state index in [0.717, 1.165) is 25.7 Å². The van der Waals surface area contributed by atoms with Gasteiger partial charge in [-0.1, -0.05) is 226 Å². The lowest BCUT2D eigenvalue weighted by Gasteiger charge is -2.23. The third kappa shape index (κ3) is 35.2. The van der Waals surface area contributed by atoms with Gasteiger partial charge in [-0.2, -0.15) is 0 Å². The van der Waals surface area contributed by atoms with Crippen molar-refractivity contribution in [3.63, 3.8) is 0 Å². The van der Waals surface area contributed by atoms with Gasteiger partial charge in [0.2, 0.25) is 5.91 Å². The molecule has 288 valence electrons. The molecule has 3 unspecified atom stereocenters. The van der Waals surface area contributed by atoms with E-state index in [1.54, 1.807) is 0 Å². The molecule has 0 heterocycles. The standard InChI is InChI=1S/C43H87NO4/c1-3-5-7-9-11-13-15-17-18-19-20-21-22-23-25-26-28-30-32-34-36-40(46)38-43(48)44-41(39-45)42(47)37-35-33-31-29-27-24-16-14-12-10-8-6-4-2/h40-42,45-47H,3-39H2,1-2H3,(H,44,48). The van der Waals surface area contributed by atoms with E-state index in [2.05, 4.69) is 19.2 Å². The van der Waals surface area contributed by atoms with Crippen LogP contribution in [0.5, 0.6) is 0 Å². The van der Waals surface area contributed by atoms with Crippen molar-refractivity contribution >= 4 is 5.91 Å². The molecule has 0 aliphatic heterocycles. The summed E-state index contributed by atoms with van der Waals surface area (Å²) < 4.78 is 0. The molecule has 48 heavy (non-hydrogen) atoms. The fourth-order valence-electron chi connectivity index (χ4n) is 7.05. The van der Waals surface area contributed by atoms with Crippen molar-refractivity contribution in [3.8, 4) is 0 Å². The van der Waals surface area contributed by atoms with Gasteiger partial charge in [0.25, 0.3) is 0 Å². The molecule has 0 radical (unpaired) electrons. The first-order chi connectivity index (χ1) is 23.5. The van der Waals surface area contributed by atoms with E-state index in [4.69, 9.17) is 0 Å². The first kappa shape index (κ1) is 47.4. The van der Waals surface area contributed by atoms with Crippen molar-refractivity contribution in [2.75, 3.05) is 6.61 Å². The maximum absolute atomic E-state index is 12.4. The predicted molar refractivity (Wildman–Crippen MR) is 209 cm³/mol. The summed E-state index contributed by atoms with van der Waals surface area (Å²) in [6.07, 6.45) is 43.5. The van der Waals surface area contributed by atoms with Crippen LogP contribution in [0.15, 0.2) is 0 Å². The zero-order chi connectivity index (χ0) is 35.2. The van der Waals surface area contributed by atoms with E-state index >= 15 is 0 Å². The number of carbonyl (C=O) groups excluding carboxylic acids is 1. The van der Waals surface area contributed by atoms with Crippen molar-refractivity contribution in [2.24, 2.45) is 0 Å². The average molecular weight is 682 g/mol. The Morgan fingerprint density at radius 1 is 0.438 bits per heavy atom. The number of unbranched alkanes of at least 4 members (excludes halogenated alkanes) is 31. The van der Waals surface area contributed by atoms with Crippen LogP contribution in [-0.2, 0) is 4.79 Å².